The van der Waals surface area contributed by atoms with E-state index in [2.05, 4.69) is 29.7 Å². The number of halogens is 2. The largest absolute Gasteiger partial charge is 0.493 e. The lowest BCUT2D eigenvalue weighted by atomic mass is 10.1. The third-order valence-electron chi connectivity index (χ3n) is 4.20. The van der Waals surface area contributed by atoms with Gasteiger partial charge in [0.05, 0.1) is 7.11 Å². The van der Waals surface area contributed by atoms with E-state index in [-0.39, 0.29) is 12.5 Å². The molecule has 0 radical (unpaired) electrons. The maximum Gasteiger partial charge on any atom is 0.165 e. The van der Waals surface area contributed by atoms with E-state index in [1.807, 2.05) is 6.07 Å². The first kappa shape index (κ1) is 19.8. The van der Waals surface area contributed by atoms with Gasteiger partial charge in [0, 0.05) is 25.6 Å². The number of pyridine rings is 1. The molecule has 144 valence electrons. The number of nitrogens with zero attached hydrogens (tertiary/aromatic N) is 3. The second-order valence-electron chi connectivity index (χ2n) is 7.52. The molecule has 0 bridgehead atoms. The summed E-state index contributed by atoms with van der Waals surface area (Å²) in [6, 6.07) is 9.34. The Morgan fingerprint density at radius 2 is 1.96 bits per heavy atom. The van der Waals surface area contributed by atoms with Crippen molar-refractivity contribution < 1.29 is 13.9 Å². The molecule has 0 saturated carbocycles. The van der Waals surface area contributed by atoms with Gasteiger partial charge in [-0.1, -0.05) is 37.3 Å². The minimum atomic E-state index is -1.17. The summed E-state index contributed by atoms with van der Waals surface area (Å²) in [6.45, 7) is 7.82. The third kappa shape index (κ3) is 4.48. The van der Waals surface area contributed by atoms with Crippen LogP contribution in [0.25, 0.3) is 22.3 Å². The smallest absolute Gasteiger partial charge is 0.165 e. The predicted octanol–water partition coefficient (Wildman–Crippen LogP) is 5.21. The second kappa shape index (κ2) is 7.96. The normalized spacial score (nSPS) is 11.9. The number of benzene rings is 1. The molecular weight excluding hydrogens is 385 g/mol. The first-order valence-electron chi connectivity index (χ1n) is 8.74. The van der Waals surface area contributed by atoms with E-state index in [0.717, 1.165) is 11.4 Å². The van der Waals surface area contributed by atoms with Crippen LogP contribution in [0.2, 0.25) is 30.8 Å². The molecule has 0 amide bonds. The highest BCUT2D eigenvalue weighted by atomic mass is 35.5. The molecule has 2 heterocycles. The number of rotatable bonds is 7. The highest BCUT2D eigenvalue weighted by molar-refractivity contribution is 6.76. The molecule has 0 fully saturated rings. The summed E-state index contributed by atoms with van der Waals surface area (Å²) in [7, 11) is 0.266. The van der Waals surface area contributed by atoms with E-state index in [1.54, 1.807) is 22.9 Å². The van der Waals surface area contributed by atoms with E-state index >= 15 is 0 Å². The van der Waals surface area contributed by atoms with Crippen LogP contribution in [0.15, 0.2) is 30.3 Å². The van der Waals surface area contributed by atoms with Crippen LogP contribution in [0.1, 0.15) is 0 Å². The molecule has 0 unspecified atom stereocenters. The Morgan fingerprint density at radius 1 is 1.19 bits per heavy atom. The van der Waals surface area contributed by atoms with Gasteiger partial charge in [-0.3, -0.25) is 0 Å². The Labute approximate surface area is 164 Å². The number of para-hydroxylation sites is 1. The van der Waals surface area contributed by atoms with Gasteiger partial charge in [-0.05, 0) is 30.3 Å². The molecule has 5 nitrogen and oxygen atoms in total. The molecule has 8 heteroatoms. The fourth-order valence-corrected chi connectivity index (χ4v) is 3.65. The van der Waals surface area contributed by atoms with Gasteiger partial charge in [-0.2, -0.15) is 5.10 Å². The van der Waals surface area contributed by atoms with Crippen molar-refractivity contribution in [1.29, 1.82) is 0 Å². The Morgan fingerprint density at radius 3 is 2.67 bits per heavy atom. The maximum absolute atomic E-state index is 14.2. The van der Waals surface area contributed by atoms with Gasteiger partial charge in [-0.15, -0.1) is 0 Å². The van der Waals surface area contributed by atoms with Gasteiger partial charge in [0.15, 0.2) is 17.2 Å². The molecule has 2 aromatic heterocycles. The molecule has 3 rings (SSSR count). The predicted molar refractivity (Wildman–Crippen MR) is 109 cm³/mol. The topological polar surface area (TPSA) is 49.2 Å². The van der Waals surface area contributed by atoms with Crippen molar-refractivity contribution in [2.24, 2.45) is 0 Å². The van der Waals surface area contributed by atoms with Crippen molar-refractivity contribution in [2.45, 2.75) is 32.4 Å². The number of methoxy groups -OCH3 is 1. The third-order valence-corrected chi connectivity index (χ3v) is 6.11. The lowest BCUT2D eigenvalue weighted by molar-refractivity contribution is 0.0814. The molecule has 0 spiro atoms. The summed E-state index contributed by atoms with van der Waals surface area (Å²) < 4.78 is 26.9. The van der Waals surface area contributed by atoms with Crippen LogP contribution >= 0.6 is 11.6 Å². The van der Waals surface area contributed by atoms with E-state index in [9.17, 15) is 4.39 Å². The van der Waals surface area contributed by atoms with E-state index in [1.165, 1.54) is 13.2 Å². The number of hydrogen-bond acceptors (Lipinski definition) is 4. The fourth-order valence-electron chi connectivity index (χ4n) is 2.75. The van der Waals surface area contributed by atoms with Crippen molar-refractivity contribution in [2.75, 3.05) is 13.7 Å². The Hall–Kier alpha value is -1.96. The molecule has 0 aliphatic rings. The Balaban J connectivity index is 1.99. The first-order chi connectivity index (χ1) is 12.8. The number of fused-ring (bicyclic) bond motifs is 1. The van der Waals surface area contributed by atoms with Crippen LogP contribution in [0.3, 0.4) is 0 Å². The van der Waals surface area contributed by atoms with Crippen LogP contribution in [-0.2, 0) is 11.5 Å². The van der Waals surface area contributed by atoms with Gasteiger partial charge >= 0.3 is 0 Å². The molecular formula is C19H23ClFN3O2Si. The molecule has 3 aromatic rings. The van der Waals surface area contributed by atoms with E-state index in [4.69, 9.17) is 21.1 Å². The zero-order chi connectivity index (χ0) is 19.6. The van der Waals surface area contributed by atoms with Gasteiger partial charge in [-0.25, -0.2) is 14.1 Å². The van der Waals surface area contributed by atoms with Crippen molar-refractivity contribution in [1.82, 2.24) is 14.8 Å². The summed E-state index contributed by atoms with van der Waals surface area (Å²) in [5, 5.41) is 5.75. The van der Waals surface area contributed by atoms with Crippen molar-refractivity contribution >= 4 is 30.7 Å². The average Bonchev–Trinajstić information content (AvgIpc) is 2.95. The second-order valence-corrected chi connectivity index (χ2v) is 13.5. The standard InChI is InChI=1S/C19H23ClFN3O2Si/c1-25-18-13(6-5-7-15(18)21)17-14-8-9-16(20)22-19(14)24(23-17)12-26-10-11-27(2,3)4/h5-9H,10-12H2,1-4H3. The van der Waals surface area contributed by atoms with Crippen LogP contribution in [0.4, 0.5) is 4.39 Å². The van der Waals surface area contributed by atoms with E-state index < -0.39 is 13.9 Å². The highest BCUT2D eigenvalue weighted by Gasteiger charge is 2.19. The summed E-state index contributed by atoms with van der Waals surface area (Å²) in [6.07, 6.45) is 0. The monoisotopic (exact) mass is 407 g/mol. The lowest BCUT2D eigenvalue weighted by Gasteiger charge is -2.15. The summed E-state index contributed by atoms with van der Waals surface area (Å²) >= 11 is 6.08. The van der Waals surface area contributed by atoms with Crippen LogP contribution in [0.5, 0.6) is 5.75 Å². The zero-order valence-corrected chi connectivity index (χ0v) is 17.7. The fraction of sp³-hybridized carbons (Fsp3) is 0.368. The van der Waals surface area contributed by atoms with Crippen LogP contribution in [0, 0.1) is 5.82 Å². The maximum atomic E-state index is 14.2. The highest BCUT2D eigenvalue weighted by Crippen LogP contribution is 2.35. The van der Waals surface area contributed by atoms with Crippen molar-refractivity contribution in [3.63, 3.8) is 0 Å². The number of aromatic nitrogens is 3. The number of hydrogen-bond donors (Lipinski definition) is 0. The molecule has 0 atom stereocenters. The Bertz CT molecular complexity index is 956. The van der Waals surface area contributed by atoms with Gasteiger partial charge < -0.3 is 9.47 Å². The van der Waals surface area contributed by atoms with Crippen molar-refractivity contribution in [3.05, 3.63) is 41.3 Å². The summed E-state index contributed by atoms with van der Waals surface area (Å²) in [5.74, 6) is -0.287. The summed E-state index contributed by atoms with van der Waals surface area (Å²) in [5.41, 5.74) is 1.74. The molecule has 1 aromatic carbocycles. The Kier molecular flexibility index (Phi) is 5.83. The molecule has 27 heavy (non-hydrogen) atoms. The van der Waals surface area contributed by atoms with Gasteiger partial charge in [0.25, 0.3) is 0 Å². The average molecular weight is 408 g/mol. The zero-order valence-electron chi connectivity index (χ0n) is 15.9. The quantitative estimate of drug-likeness (QED) is 0.306. The van der Waals surface area contributed by atoms with Crippen LogP contribution < -0.4 is 4.74 Å². The molecule has 0 aliphatic carbocycles. The summed E-state index contributed by atoms with van der Waals surface area (Å²) in [4.78, 5) is 4.39. The van der Waals surface area contributed by atoms with E-state index in [0.29, 0.717) is 28.7 Å². The van der Waals surface area contributed by atoms with Crippen LogP contribution in [-0.4, -0.2) is 36.6 Å². The minimum Gasteiger partial charge on any atom is -0.493 e. The first-order valence-corrected chi connectivity index (χ1v) is 12.8. The molecule has 0 aliphatic heterocycles. The van der Waals surface area contributed by atoms with Gasteiger partial charge in [0.1, 0.15) is 17.6 Å². The molecule has 0 saturated heterocycles. The molecule has 0 N–H and O–H groups in total. The minimum absolute atomic E-state index is 0.152. The number of ether oxygens (including phenoxy) is 2. The lowest BCUT2D eigenvalue weighted by Crippen LogP contribution is -2.22. The SMILES string of the molecule is COc1c(F)cccc1-c1nn(COCC[Si](C)(C)C)c2nc(Cl)ccc12. The van der Waals surface area contributed by atoms with Crippen molar-refractivity contribution in [3.8, 4) is 17.0 Å². The van der Waals surface area contributed by atoms with Gasteiger partial charge in [0.2, 0.25) is 0 Å².